The zero-order chi connectivity index (χ0) is 15.0. The first kappa shape index (κ1) is 15.5. The first-order valence-electron chi connectivity index (χ1n) is 7.07. The van der Waals surface area contributed by atoms with Gasteiger partial charge in [-0.1, -0.05) is 41.9 Å². The van der Waals surface area contributed by atoms with E-state index < -0.39 is 11.0 Å². The summed E-state index contributed by atoms with van der Waals surface area (Å²) < 4.78 is 1.03. The van der Waals surface area contributed by atoms with E-state index >= 15 is 0 Å². The molecule has 1 aliphatic carbocycles. The van der Waals surface area contributed by atoms with E-state index in [1.807, 2.05) is 45.0 Å². The van der Waals surface area contributed by atoms with Crippen LogP contribution in [-0.4, -0.2) is 16.6 Å². The summed E-state index contributed by atoms with van der Waals surface area (Å²) in [5, 5.41) is 13.2. The number of hydrogen-bond donors (Lipinski definition) is 2. The molecule has 1 aromatic carbocycles. The summed E-state index contributed by atoms with van der Waals surface area (Å²) in [5.41, 5.74) is -0.00311. The molecule has 0 heterocycles. The normalized spacial score (nSPS) is 30.4. The number of amides is 1. The highest BCUT2D eigenvalue weighted by Gasteiger charge is 2.54. The van der Waals surface area contributed by atoms with Crippen molar-refractivity contribution in [2.45, 2.75) is 51.7 Å². The molecule has 0 bridgehead atoms. The average molecular weight is 340 g/mol. The van der Waals surface area contributed by atoms with Crippen LogP contribution in [0.1, 0.15) is 51.6 Å². The van der Waals surface area contributed by atoms with Crippen LogP contribution in [0.4, 0.5) is 0 Å². The summed E-state index contributed by atoms with van der Waals surface area (Å²) in [6.45, 7) is 5.87. The van der Waals surface area contributed by atoms with Crippen molar-refractivity contribution in [3.05, 3.63) is 34.3 Å². The molecule has 0 aliphatic heterocycles. The Hall–Kier alpha value is -0.870. The zero-order valence-electron chi connectivity index (χ0n) is 12.2. The fourth-order valence-electron chi connectivity index (χ4n) is 3.02. The van der Waals surface area contributed by atoms with E-state index in [9.17, 15) is 9.90 Å². The summed E-state index contributed by atoms with van der Waals surface area (Å²) in [5.74, 6) is 0.0334. The van der Waals surface area contributed by atoms with Gasteiger partial charge in [0.05, 0.1) is 17.1 Å². The molecule has 0 spiro atoms. The molecular weight excluding hydrogens is 318 g/mol. The predicted octanol–water partition coefficient (Wildman–Crippen LogP) is 3.57. The van der Waals surface area contributed by atoms with Crippen LogP contribution in [-0.2, 0) is 4.79 Å². The second kappa shape index (κ2) is 5.49. The molecule has 0 radical (unpaired) electrons. The molecule has 0 saturated heterocycles. The van der Waals surface area contributed by atoms with Crippen LogP contribution in [0, 0.1) is 5.41 Å². The highest BCUT2D eigenvalue weighted by molar-refractivity contribution is 9.10. The lowest BCUT2D eigenvalue weighted by Gasteiger charge is -2.50. The van der Waals surface area contributed by atoms with E-state index in [1.54, 1.807) is 0 Å². The Balaban J connectivity index is 1.97. The van der Waals surface area contributed by atoms with Gasteiger partial charge in [0.1, 0.15) is 0 Å². The molecule has 1 amide bonds. The van der Waals surface area contributed by atoms with E-state index in [2.05, 4.69) is 21.2 Å². The van der Waals surface area contributed by atoms with Crippen LogP contribution < -0.4 is 5.32 Å². The quantitative estimate of drug-likeness (QED) is 0.880. The molecule has 1 saturated carbocycles. The van der Waals surface area contributed by atoms with Gasteiger partial charge in [-0.05, 0) is 43.9 Å². The van der Waals surface area contributed by atoms with Gasteiger partial charge in [0.15, 0.2) is 0 Å². The fraction of sp³-hybridized carbons (Fsp3) is 0.562. The highest BCUT2D eigenvalue weighted by Crippen LogP contribution is 2.50. The number of carbonyl (C=O) groups is 1. The van der Waals surface area contributed by atoms with E-state index in [1.165, 1.54) is 0 Å². The number of benzene rings is 1. The van der Waals surface area contributed by atoms with E-state index in [4.69, 9.17) is 0 Å². The largest absolute Gasteiger partial charge is 0.390 e. The molecular formula is C16H22BrNO2. The standard InChI is InChI=1S/C16H22BrNO2/c1-4-16(20)9-15(3,10-16)14(19)18-11(2)12-5-7-13(17)8-6-12/h5-8,11,20H,4,9-10H2,1-3H3,(H,18,19)/t11-,15?,16?/m1/s1. The van der Waals surface area contributed by atoms with Crippen molar-refractivity contribution in [1.82, 2.24) is 5.32 Å². The zero-order valence-corrected chi connectivity index (χ0v) is 13.8. The Morgan fingerprint density at radius 3 is 2.45 bits per heavy atom. The maximum atomic E-state index is 12.4. The second-order valence-electron chi connectivity index (χ2n) is 6.24. The molecule has 0 unspecified atom stereocenters. The number of halogens is 1. The van der Waals surface area contributed by atoms with Gasteiger partial charge in [0, 0.05) is 4.47 Å². The first-order valence-corrected chi connectivity index (χ1v) is 7.86. The lowest BCUT2D eigenvalue weighted by Crippen LogP contribution is -2.57. The third-order valence-electron chi connectivity index (χ3n) is 4.36. The van der Waals surface area contributed by atoms with Crippen LogP contribution >= 0.6 is 15.9 Å². The van der Waals surface area contributed by atoms with Gasteiger partial charge in [0.25, 0.3) is 0 Å². The van der Waals surface area contributed by atoms with Crippen molar-refractivity contribution in [3.63, 3.8) is 0 Å². The summed E-state index contributed by atoms with van der Waals surface area (Å²) in [6, 6.07) is 7.92. The lowest BCUT2D eigenvalue weighted by atomic mass is 9.58. The van der Waals surface area contributed by atoms with Crippen molar-refractivity contribution >= 4 is 21.8 Å². The fourth-order valence-corrected chi connectivity index (χ4v) is 3.28. The molecule has 20 heavy (non-hydrogen) atoms. The van der Waals surface area contributed by atoms with Crippen LogP contribution in [0.3, 0.4) is 0 Å². The number of aliphatic hydroxyl groups is 1. The van der Waals surface area contributed by atoms with E-state index in [0.29, 0.717) is 19.3 Å². The molecule has 2 rings (SSSR count). The minimum atomic E-state index is -0.646. The predicted molar refractivity (Wildman–Crippen MR) is 83.3 cm³/mol. The summed E-state index contributed by atoms with van der Waals surface area (Å²) in [7, 11) is 0. The van der Waals surface area contributed by atoms with Gasteiger partial charge in [-0.3, -0.25) is 4.79 Å². The molecule has 1 fully saturated rings. The number of hydrogen-bond acceptors (Lipinski definition) is 2. The minimum absolute atomic E-state index is 0.0252. The number of carbonyl (C=O) groups excluding carboxylic acids is 1. The molecule has 4 heteroatoms. The van der Waals surface area contributed by atoms with Gasteiger partial charge in [-0.2, -0.15) is 0 Å². The Labute approximate surface area is 128 Å². The van der Waals surface area contributed by atoms with Crippen molar-refractivity contribution in [3.8, 4) is 0 Å². The van der Waals surface area contributed by atoms with Crippen LogP contribution in [0.25, 0.3) is 0 Å². The van der Waals surface area contributed by atoms with Crippen molar-refractivity contribution < 1.29 is 9.90 Å². The molecule has 1 aromatic rings. The minimum Gasteiger partial charge on any atom is -0.390 e. The second-order valence-corrected chi connectivity index (χ2v) is 7.15. The third kappa shape index (κ3) is 3.07. The smallest absolute Gasteiger partial charge is 0.226 e. The van der Waals surface area contributed by atoms with Crippen LogP contribution in [0.15, 0.2) is 28.7 Å². The Bertz CT molecular complexity index is 492. The Morgan fingerprint density at radius 1 is 1.40 bits per heavy atom. The van der Waals surface area contributed by atoms with E-state index in [-0.39, 0.29) is 11.9 Å². The molecule has 1 aliphatic rings. The van der Waals surface area contributed by atoms with E-state index in [0.717, 1.165) is 10.0 Å². The maximum Gasteiger partial charge on any atom is 0.226 e. The Morgan fingerprint density at radius 2 is 1.95 bits per heavy atom. The maximum absolute atomic E-state index is 12.4. The number of nitrogens with one attached hydrogen (secondary N) is 1. The lowest BCUT2D eigenvalue weighted by molar-refractivity contribution is -0.161. The van der Waals surface area contributed by atoms with Crippen LogP contribution in [0.2, 0.25) is 0 Å². The van der Waals surface area contributed by atoms with Crippen LogP contribution in [0.5, 0.6) is 0 Å². The summed E-state index contributed by atoms with van der Waals surface area (Å²) in [4.78, 5) is 12.4. The SMILES string of the molecule is CCC1(O)CC(C)(C(=O)N[C@H](C)c2ccc(Br)cc2)C1. The molecule has 1 atom stereocenters. The first-order chi connectivity index (χ1) is 9.28. The monoisotopic (exact) mass is 339 g/mol. The topological polar surface area (TPSA) is 49.3 Å². The van der Waals surface area contributed by atoms with Gasteiger partial charge in [-0.15, -0.1) is 0 Å². The molecule has 110 valence electrons. The molecule has 0 aromatic heterocycles. The van der Waals surface area contributed by atoms with Crippen molar-refractivity contribution in [1.29, 1.82) is 0 Å². The number of rotatable bonds is 4. The van der Waals surface area contributed by atoms with Gasteiger partial charge in [-0.25, -0.2) is 0 Å². The highest BCUT2D eigenvalue weighted by atomic mass is 79.9. The average Bonchev–Trinajstić information content (AvgIpc) is 2.37. The summed E-state index contributed by atoms with van der Waals surface area (Å²) >= 11 is 3.40. The Kier molecular flexibility index (Phi) is 4.26. The van der Waals surface area contributed by atoms with Gasteiger partial charge < -0.3 is 10.4 Å². The van der Waals surface area contributed by atoms with Crippen molar-refractivity contribution in [2.75, 3.05) is 0 Å². The van der Waals surface area contributed by atoms with Gasteiger partial charge >= 0.3 is 0 Å². The molecule has 3 nitrogen and oxygen atoms in total. The van der Waals surface area contributed by atoms with Gasteiger partial charge in [0.2, 0.25) is 5.91 Å². The van der Waals surface area contributed by atoms with Crippen molar-refractivity contribution in [2.24, 2.45) is 5.41 Å². The molecule has 2 N–H and O–H groups in total. The third-order valence-corrected chi connectivity index (χ3v) is 4.89. The summed E-state index contributed by atoms with van der Waals surface area (Å²) in [6.07, 6.45) is 1.81.